The Morgan fingerprint density at radius 3 is 1.83 bits per heavy atom. The van der Waals surface area contributed by atoms with Gasteiger partial charge in [-0.3, -0.25) is 0 Å². The summed E-state index contributed by atoms with van der Waals surface area (Å²) < 4.78 is 0. The SMILES string of the molecule is CCCS.[SiH2]=S. The van der Waals surface area contributed by atoms with Crippen LogP contribution >= 0.6 is 24.3 Å². The van der Waals surface area contributed by atoms with Crippen LogP contribution in [0, 0.1) is 0 Å². The Bertz CT molecular complexity index is 16.3. The van der Waals surface area contributed by atoms with Gasteiger partial charge in [0.05, 0.1) is 8.95 Å². The number of hydrogen-bond acceptors (Lipinski definition) is 2. The van der Waals surface area contributed by atoms with Crippen LogP contribution in [0.4, 0.5) is 0 Å². The van der Waals surface area contributed by atoms with Gasteiger partial charge in [0.25, 0.3) is 0 Å². The lowest BCUT2D eigenvalue weighted by Gasteiger charge is -1.67. The van der Waals surface area contributed by atoms with Crippen LogP contribution in [-0.2, 0) is 0 Å². The molecule has 0 aliphatic carbocycles. The Balaban J connectivity index is 0. The first kappa shape index (κ1) is 9.92. The molecule has 0 bridgehead atoms. The van der Waals surface area contributed by atoms with Crippen molar-refractivity contribution in [2.45, 2.75) is 13.3 Å². The molecule has 0 spiro atoms. The highest BCUT2D eigenvalue weighted by Gasteiger charge is 1.57. The van der Waals surface area contributed by atoms with Crippen LogP contribution in [0.5, 0.6) is 0 Å². The maximum atomic E-state index is 4.11. The molecule has 0 saturated carbocycles. The van der Waals surface area contributed by atoms with Crippen molar-refractivity contribution in [3.8, 4) is 0 Å². The van der Waals surface area contributed by atoms with Crippen LogP contribution in [0.15, 0.2) is 0 Å². The van der Waals surface area contributed by atoms with Crippen molar-refractivity contribution in [3.63, 3.8) is 0 Å². The predicted octanol–water partition coefficient (Wildman–Crippen LogP) is 1.06. The second-order valence-electron chi connectivity index (χ2n) is 0.724. The molecule has 0 amide bonds. The fourth-order valence-corrected chi connectivity index (χ4v) is 0. The first-order valence-electron chi connectivity index (χ1n) is 1.81. The van der Waals surface area contributed by atoms with E-state index in [0.717, 1.165) is 5.75 Å². The Labute approximate surface area is 52.7 Å². The van der Waals surface area contributed by atoms with Gasteiger partial charge in [0.1, 0.15) is 0 Å². The van der Waals surface area contributed by atoms with Crippen LogP contribution in [0.3, 0.4) is 0 Å². The van der Waals surface area contributed by atoms with E-state index in [1.54, 1.807) is 0 Å². The normalized spacial score (nSPS) is 5.67. The van der Waals surface area contributed by atoms with Crippen LogP contribution in [0.2, 0.25) is 0 Å². The van der Waals surface area contributed by atoms with Crippen molar-refractivity contribution < 1.29 is 0 Å². The van der Waals surface area contributed by atoms with Crippen molar-refractivity contribution in [2.24, 2.45) is 0 Å². The molecule has 0 aromatic heterocycles. The van der Waals surface area contributed by atoms with Gasteiger partial charge in [-0.05, 0) is 12.2 Å². The second kappa shape index (κ2) is 17.1. The quantitative estimate of drug-likeness (QED) is 0.417. The largest absolute Gasteiger partial charge is 0.179 e. The number of rotatable bonds is 1. The molecule has 38 valence electrons. The van der Waals surface area contributed by atoms with Crippen LogP contribution in [0.25, 0.3) is 0 Å². The minimum Gasteiger partial charge on any atom is -0.179 e. The molecule has 3 heteroatoms. The van der Waals surface area contributed by atoms with Crippen LogP contribution in [0.1, 0.15) is 13.3 Å². The van der Waals surface area contributed by atoms with Crippen molar-refractivity contribution in [2.75, 3.05) is 5.75 Å². The van der Waals surface area contributed by atoms with E-state index >= 15 is 0 Å². The third kappa shape index (κ3) is 21.5. The van der Waals surface area contributed by atoms with Crippen molar-refractivity contribution in [1.29, 1.82) is 0 Å². The first-order chi connectivity index (χ1) is 2.91. The van der Waals surface area contributed by atoms with Crippen LogP contribution in [-0.4, -0.2) is 14.7 Å². The lowest BCUT2D eigenvalue weighted by atomic mass is 10.6. The maximum Gasteiger partial charge on any atom is 0.0612 e. The van der Waals surface area contributed by atoms with E-state index < -0.39 is 0 Å². The molecule has 0 radical (unpaired) electrons. The van der Waals surface area contributed by atoms with E-state index in [0.29, 0.717) is 0 Å². The third-order valence-electron chi connectivity index (χ3n) is 0.224. The minimum atomic E-state index is 1.01. The molecule has 0 N–H and O–H groups in total. The van der Waals surface area contributed by atoms with Gasteiger partial charge in [0.15, 0.2) is 0 Å². The molecule has 6 heavy (non-hydrogen) atoms. The van der Waals surface area contributed by atoms with E-state index in [9.17, 15) is 0 Å². The Morgan fingerprint density at radius 2 is 1.83 bits per heavy atom. The zero-order chi connectivity index (χ0) is 5.41. The van der Waals surface area contributed by atoms with Gasteiger partial charge in [-0.15, -0.1) is 11.6 Å². The molecule has 0 nitrogen and oxygen atoms in total. The zero-order valence-corrected chi connectivity index (χ0v) is 7.10. The summed E-state index contributed by atoms with van der Waals surface area (Å²) in [6.45, 7) is 2.10. The van der Waals surface area contributed by atoms with E-state index in [1.807, 2.05) is 0 Å². The summed E-state index contributed by atoms with van der Waals surface area (Å²) >= 11 is 8.03. The maximum absolute atomic E-state index is 4.11. The number of thiol groups is 1. The standard InChI is InChI=1S/C3H8S.H2SSi/c1-2-3-4;1-2/h4H,2-3H2,1H3;2H2. The average molecular weight is 138 g/mol. The number of hydrogen-bond donors (Lipinski definition) is 1. The third-order valence-corrected chi connectivity index (χ3v) is 0.671. The molecular formula is C3H10S2Si. The molecule has 0 aromatic rings. The Morgan fingerprint density at radius 1 is 1.67 bits per heavy atom. The molecule has 0 unspecified atom stereocenters. The monoisotopic (exact) mass is 138 g/mol. The summed E-state index contributed by atoms with van der Waals surface area (Å²) in [7, 11) is 1.44. The molecule has 0 aliphatic rings. The molecule has 0 aliphatic heterocycles. The van der Waals surface area contributed by atoms with E-state index in [1.165, 1.54) is 15.4 Å². The Hall–Kier alpha value is 0.787. The van der Waals surface area contributed by atoms with Gasteiger partial charge in [0.2, 0.25) is 0 Å². The summed E-state index contributed by atoms with van der Waals surface area (Å²) in [6.07, 6.45) is 1.18. The smallest absolute Gasteiger partial charge is 0.0612 e. The molecular weight excluding hydrogens is 128 g/mol. The van der Waals surface area contributed by atoms with Gasteiger partial charge in [-0.1, -0.05) is 6.92 Å². The predicted molar refractivity (Wildman–Crippen MR) is 40.3 cm³/mol. The summed E-state index contributed by atoms with van der Waals surface area (Å²) in [5.74, 6) is 1.01. The molecule has 0 atom stereocenters. The fourth-order valence-electron chi connectivity index (χ4n) is 0. The lowest BCUT2D eigenvalue weighted by molar-refractivity contribution is 1.11. The van der Waals surface area contributed by atoms with Crippen molar-refractivity contribution >= 4 is 33.2 Å². The van der Waals surface area contributed by atoms with Crippen molar-refractivity contribution in [1.82, 2.24) is 0 Å². The Kier molecular flexibility index (Phi) is 28.2. The summed E-state index contributed by atoms with van der Waals surface area (Å²) in [5.41, 5.74) is 0. The van der Waals surface area contributed by atoms with Crippen molar-refractivity contribution in [3.05, 3.63) is 0 Å². The van der Waals surface area contributed by atoms with Crippen LogP contribution < -0.4 is 0 Å². The second-order valence-corrected chi connectivity index (χ2v) is 1.17. The van der Waals surface area contributed by atoms with Gasteiger partial charge in [0, 0.05) is 0 Å². The first-order valence-corrected chi connectivity index (χ1v) is 4.75. The lowest BCUT2D eigenvalue weighted by Crippen LogP contribution is -1.56. The summed E-state index contributed by atoms with van der Waals surface area (Å²) in [6, 6.07) is 0. The minimum absolute atomic E-state index is 1.01. The van der Waals surface area contributed by atoms with Gasteiger partial charge in [-0.25, -0.2) is 0 Å². The van der Waals surface area contributed by atoms with Gasteiger partial charge < -0.3 is 0 Å². The van der Waals surface area contributed by atoms with E-state index in [4.69, 9.17) is 0 Å². The highest BCUT2D eigenvalue weighted by Crippen LogP contribution is 1.74. The zero-order valence-electron chi connectivity index (χ0n) is 3.98. The topological polar surface area (TPSA) is 0 Å². The molecule has 0 fully saturated rings. The highest BCUT2D eigenvalue weighted by atomic mass is 32.2. The average Bonchev–Trinajstić information content (AvgIpc) is 1.72. The molecule has 0 heterocycles. The van der Waals surface area contributed by atoms with E-state index in [-0.39, 0.29) is 0 Å². The summed E-state index contributed by atoms with van der Waals surface area (Å²) in [4.78, 5) is 0. The van der Waals surface area contributed by atoms with E-state index in [2.05, 4.69) is 31.2 Å². The summed E-state index contributed by atoms with van der Waals surface area (Å²) in [5, 5.41) is 0. The fraction of sp³-hybridized carbons (Fsp3) is 1.00. The van der Waals surface area contributed by atoms with Gasteiger partial charge in [-0.2, -0.15) is 12.6 Å². The molecule has 0 saturated heterocycles. The molecule has 0 rings (SSSR count). The highest BCUT2D eigenvalue weighted by molar-refractivity contribution is 7.83. The molecule has 0 aromatic carbocycles. The van der Waals surface area contributed by atoms with Gasteiger partial charge >= 0.3 is 0 Å².